The predicted molar refractivity (Wildman–Crippen MR) is 78.7 cm³/mol. The molecule has 4 nitrogen and oxygen atoms in total. The Morgan fingerprint density at radius 2 is 1.84 bits per heavy atom. The highest BCUT2D eigenvalue weighted by Gasteiger charge is 2.19. The van der Waals surface area contributed by atoms with E-state index >= 15 is 0 Å². The molecule has 0 aliphatic heterocycles. The van der Waals surface area contributed by atoms with Gasteiger partial charge in [-0.1, -0.05) is 0 Å². The van der Waals surface area contributed by atoms with E-state index in [1.54, 1.807) is 14.2 Å². The summed E-state index contributed by atoms with van der Waals surface area (Å²) in [6, 6.07) is 3.77. The minimum absolute atomic E-state index is 0.0799. The Morgan fingerprint density at radius 1 is 1.21 bits per heavy atom. The Bertz CT molecular complexity index is 425. The summed E-state index contributed by atoms with van der Waals surface area (Å²) in [4.78, 5) is 0. The van der Waals surface area contributed by atoms with Crippen molar-refractivity contribution >= 4 is 0 Å². The summed E-state index contributed by atoms with van der Waals surface area (Å²) in [5, 5.41) is 0. The van der Waals surface area contributed by atoms with Gasteiger partial charge in [0, 0.05) is 23.2 Å². The van der Waals surface area contributed by atoms with Crippen molar-refractivity contribution in [3.8, 4) is 11.5 Å². The van der Waals surface area contributed by atoms with Crippen LogP contribution in [0.5, 0.6) is 11.5 Å². The molecule has 0 spiro atoms. The van der Waals surface area contributed by atoms with Crippen LogP contribution in [0.3, 0.4) is 0 Å². The zero-order chi connectivity index (χ0) is 14.6. The fraction of sp³-hybridized carbons (Fsp3) is 0.600. The fourth-order valence-corrected chi connectivity index (χ4v) is 2.17. The van der Waals surface area contributed by atoms with Gasteiger partial charge in [-0.3, -0.25) is 0 Å². The zero-order valence-electron chi connectivity index (χ0n) is 12.6. The Kier molecular flexibility index (Phi) is 5.20. The van der Waals surface area contributed by atoms with Crippen LogP contribution >= 0.6 is 0 Å². The molecule has 0 aliphatic carbocycles. The summed E-state index contributed by atoms with van der Waals surface area (Å²) in [7, 11) is 3.29. The molecule has 0 amide bonds. The van der Waals surface area contributed by atoms with Crippen LogP contribution in [0.1, 0.15) is 43.9 Å². The van der Waals surface area contributed by atoms with Gasteiger partial charge in [-0.2, -0.15) is 0 Å². The van der Waals surface area contributed by atoms with Crippen molar-refractivity contribution in [2.45, 2.75) is 45.2 Å². The maximum absolute atomic E-state index is 6.29. The van der Waals surface area contributed by atoms with Gasteiger partial charge in [-0.05, 0) is 45.2 Å². The van der Waals surface area contributed by atoms with Crippen LogP contribution in [0.25, 0.3) is 0 Å². The average molecular weight is 266 g/mol. The standard InChI is InChI=1S/C15H26N2O2/c1-10-8-11(18-4)9-13(19-5)14(10)12(16)6-7-15(2,3)17/h8-9,12H,6-7,16-17H2,1-5H3. The van der Waals surface area contributed by atoms with Crippen LogP contribution in [-0.4, -0.2) is 19.8 Å². The lowest BCUT2D eigenvalue weighted by Gasteiger charge is -2.23. The maximum Gasteiger partial charge on any atom is 0.127 e. The highest BCUT2D eigenvalue weighted by molar-refractivity contribution is 5.47. The SMILES string of the molecule is COc1cc(C)c(C(N)CCC(C)(C)N)c(OC)c1. The van der Waals surface area contributed by atoms with E-state index in [0.717, 1.165) is 35.5 Å². The molecule has 1 unspecified atom stereocenters. The molecule has 1 rings (SSSR count). The molecule has 1 atom stereocenters. The van der Waals surface area contributed by atoms with Crippen LogP contribution < -0.4 is 20.9 Å². The molecule has 1 aromatic carbocycles. The van der Waals surface area contributed by atoms with Crippen LogP contribution in [0.2, 0.25) is 0 Å². The number of benzene rings is 1. The maximum atomic E-state index is 6.29. The van der Waals surface area contributed by atoms with Crippen molar-refractivity contribution < 1.29 is 9.47 Å². The van der Waals surface area contributed by atoms with E-state index in [1.165, 1.54) is 0 Å². The van der Waals surface area contributed by atoms with E-state index < -0.39 is 0 Å². The normalized spacial score (nSPS) is 13.2. The third kappa shape index (κ3) is 4.40. The first kappa shape index (κ1) is 15.8. The van der Waals surface area contributed by atoms with Gasteiger partial charge in [0.05, 0.1) is 14.2 Å². The van der Waals surface area contributed by atoms with Gasteiger partial charge < -0.3 is 20.9 Å². The first-order valence-corrected chi connectivity index (χ1v) is 6.55. The quantitative estimate of drug-likeness (QED) is 0.830. The van der Waals surface area contributed by atoms with Gasteiger partial charge in [-0.15, -0.1) is 0 Å². The molecule has 0 aliphatic rings. The molecule has 0 heterocycles. The topological polar surface area (TPSA) is 70.5 Å². The van der Waals surface area contributed by atoms with E-state index in [-0.39, 0.29) is 11.6 Å². The van der Waals surface area contributed by atoms with Crippen LogP contribution in [0, 0.1) is 6.92 Å². The molecule has 0 fully saturated rings. The molecule has 0 saturated heterocycles. The molecule has 19 heavy (non-hydrogen) atoms. The van der Waals surface area contributed by atoms with Crippen LogP contribution in [0.15, 0.2) is 12.1 Å². The van der Waals surface area contributed by atoms with E-state index in [4.69, 9.17) is 20.9 Å². The first-order valence-electron chi connectivity index (χ1n) is 6.55. The zero-order valence-corrected chi connectivity index (χ0v) is 12.6. The number of methoxy groups -OCH3 is 2. The first-order chi connectivity index (χ1) is 8.78. The van der Waals surface area contributed by atoms with Gasteiger partial charge >= 0.3 is 0 Å². The van der Waals surface area contributed by atoms with Crippen molar-refractivity contribution in [2.24, 2.45) is 11.5 Å². The van der Waals surface area contributed by atoms with Crippen molar-refractivity contribution in [1.29, 1.82) is 0 Å². The molecule has 0 saturated carbocycles. The number of aryl methyl sites for hydroxylation is 1. The molecular formula is C15H26N2O2. The number of nitrogens with two attached hydrogens (primary N) is 2. The van der Waals surface area contributed by atoms with Gasteiger partial charge in [0.15, 0.2) is 0 Å². The Labute approximate surface area is 116 Å². The van der Waals surface area contributed by atoms with Gasteiger partial charge in [0.2, 0.25) is 0 Å². The minimum atomic E-state index is -0.203. The van der Waals surface area contributed by atoms with Crippen LogP contribution in [0.4, 0.5) is 0 Å². The lowest BCUT2D eigenvalue weighted by molar-refractivity contribution is 0.381. The van der Waals surface area contributed by atoms with E-state index in [9.17, 15) is 0 Å². The minimum Gasteiger partial charge on any atom is -0.497 e. The summed E-state index contributed by atoms with van der Waals surface area (Å²) in [6.45, 7) is 6.05. The number of ether oxygens (including phenoxy) is 2. The second kappa shape index (κ2) is 6.26. The smallest absolute Gasteiger partial charge is 0.127 e. The number of hydrogen-bond donors (Lipinski definition) is 2. The number of hydrogen-bond acceptors (Lipinski definition) is 4. The van der Waals surface area contributed by atoms with E-state index in [1.807, 2.05) is 32.9 Å². The second-order valence-corrected chi connectivity index (χ2v) is 5.69. The molecule has 1 aromatic rings. The van der Waals surface area contributed by atoms with Crippen molar-refractivity contribution in [2.75, 3.05) is 14.2 Å². The van der Waals surface area contributed by atoms with E-state index in [0.29, 0.717) is 0 Å². The van der Waals surface area contributed by atoms with E-state index in [2.05, 4.69) is 0 Å². The number of rotatable bonds is 6. The Morgan fingerprint density at radius 3 is 2.32 bits per heavy atom. The van der Waals surface area contributed by atoms with Gasteiger partial charge in [-0.25, -0.2) is 0 Å². The Balaban J connectivity index is 2.98. The highest BCUT2D eigenvalue weighted by Crippen LogP contribution is 2.34. The summed E-state index contributed by atoms with van der Waals surface area (Å²) in [6.07, 6.45) is 1.69. The third-order valence-corrected chi connectivity index (χ3v) is 3.25. The highest BCUT2D eigenvalue weighted by atomic mass is 16.5. The van der Waals surface area contributed by atoms with Crippen LogP contribution in [-0.2, 0) is 0 Å². The van der Waals surface area contributed by atoms with Crippen molar-refractivity contribution in [3.63, 3.8) is 0 Å². The molecule has 4 heteroatoms. The average Bonchev–Trinajstić information content (AvgIpc) is 2.33. The lowest BCUT2D eigenvalue weighted by Crippen LogP contribution is -2.33. The molecular weight excluding hydrogens is 240 g/mol. The summed E-state index contributed by atoms with van der Waals surface area (Å²) >= 11 is 0. The fourth-order valence-electron chi connectivity index (χ4n) is 2.17. The molecule has 4 N–H and O–H groups in total. The monoisotopic (exact) mass is 266 g/mol. The summed E-state index contributed by atoms with van der Waals surface area (Å²) < 4.78 is 10.7. The molecule has 0 bridgehead atoms. The van der Waals surface area contributed by atoms with Crippen molar-refractivity contribution in [1.82, 2.24) is 0 Å². The predicted octanol–water partition coefficient (Wildman–Crippen LogP) is 2.53. The Hall–Kier alpha value is -1.26. The third-order valence-electron chi connectivity index (χ3n) is 3.25. The molecule has 108 valence electrons. The van der Waals surface area contributed by atoms with Gasteiger partial charge in [0.25, 0.3) is 0 Å². The largest absolute Gasteiger partial charge is 0.497 e. The molecule has 0 aromatic heterocycles. The second-order valence-electron chi connectivity index (χ2n) is 5.69. The van der Waals surface area contributed by atoms with Gasteiger partial charge in [0.1, 0.15) is 11.5 Å². The lowest BCUT2D eigenvalue weighted by atomic mass is 9.91. The summed E-state index contributed by atoms with van der Waals surface area (Å²) in [5.74, 6) is 1.56. The summed E-state index contributed by atoms with van der Waals surface area (Å²) in [5.41, 5.74) is 14.2. The molecule has 0 radical (unpaired) electrons. The van der Waals surface area contributed by atoms with Crippen molar-refractivity contribution in [3.05, 3.63) is 23.3 Å².